The van der Waals surface area contributed by atoms with Crippen molar-refractivity contribution in [1.82, 2.24) is 15.1 Å². The van der Waals surface area contributed by atoms with Gasteiger partial charge < -0.3 is 5.32 Å². The van der Waals surface area contributed by atoms with Crippen LogP contribution in [0.1, 0.15) is 45.1 Å². The van der Waals surface area contributed by atoms with Gasteiger partial charge in [0.05, 0.1) is 6.20 Å². The SMILES string of the molecule is CCCC(C)Cn1cc(CNC2CC2)cn1. The number of hydrogen-bond acceptors (Lipinski definition) is 2. The molecule has 0 saturated heterocycles. The first-order chi connectivity index (χ1) is 7.78. The molecule has 0 bridgehead atoms. The highest BCUT2D eigenvalue weighted by molar-refractivity contribution is 5.04. The van der Waals surface area contributed by atoms with Crippen molar-refractivity contribution in [2.75, 3.05) is 0 Å². The Labute approximate surface area is 98.2 Å². The van der Waals surface area contributed by atoms with E-state index in [0.717, 1.165) is 25.0 Å². The molecule has 3 heteroatoms. The lowest BCUT2D eigenvalue weighted by Crippen LogP contribution is -2.14. The number of nitrogens with one attached hydrogen (secondary N) is 1. The van der Waals surface area contributed by atoms with E-state index >= 15 is 0 Å². The van der Waals surface area contributed by atoms with E-state index in [2.05, 4.69) is 35.1 Å². The summed E-state index contributed by atoms with van der Waals surface area (Å²) in [5, 5.41) is 7.92. The van der Waals surface area contributed by atoms with Crippen molar-refractivity contribution in [3.63, 3.8) is 0 Å². The molecule has 3 nitrogen and oxygen atoms in total. The fourth-order valence-electron chi connectivity index (χ4n) is 2.05. The Morgan fingerprint density at radius 2 is 2.38 bits per heavy atom. The quantitative estimate of drug-likeness (QED) is 0.767. The lowest BCUT2D eigenvalue weighted by Gasteiger charge is -2.09. The first-order valence-electron chi connectivity index (χ1n) is 6.52. The third-order valence-electron chi connectivity index (χ3n) is 3.14. The van der Waals surface area contributed by atoms with E-state index in [1.54, 1.807) is 0 Å². The van der Waals surface area contributed by atoms with Gasteiger partial charge in [-0.3, -0.25) is 4.68 Å². The van der Waals surface area contributed by atoms with Gasteiger partial charge in [-0.25, -0.2) is 0 Å². The number of hydrogen-bond donors (Lipinski definition) is 1. The third-order valence-corrected chi connectivity index (χ3v) is 3.14. The molecule has 1 aliphatic carbocycles. The zero-order chi connectivity index (χ0) is 11.4. The lowest BCUT2D eigenvalue weighted by atomic mass is 10.1. The number of nitrogens with zero attached hydrogens (tertiary/aromatic N) is 2. The molecule has 1 N–H and O–H groups in total. The van der Waals surface area contributed by atoms with Crippen molar-refractivity contribution < 1.29 is 0 Å². The van der Waals surface area contributed by atoms with Crippen molar-refractivity contribution in [2.45, 2.75) is 58.7 Å². The molecule has 16 heavy (non-hydrogen) atoms. The van der Waals surface area contributed by atoms with Gasteiger partial charge in [-0.15, -0.1) is 0 Å². The first-order valence-corrected chi connectivity index (χ1v) is 6.52. The zero-order valence-corrected chi connectivity index (χ0v) is 10.4. The van der Waals surface area contributed by atoms with Crippen LogP contribution < -0.4 is 5.32 Å². The Hall–Kier alpha value is -0.830. The molecule has 1 unspecified atom stereocenters. The van der Waals surface area contributed by atoms with Gasteiger partial charge in [-0.05, 0) is 25.2 Å². The Kier molecular flexibility index (Phi) is 3.99. The molecule has 1 aliphatic rings. The van der Waals surface area contributed by atoms with Crippen LogP contribution in [0.25, 0.3) is 0 Å². The third kappa shape index (κ3) is 3.63. The first kappa shape index (κ1) is 11.6. The summed E-state index contributed by atoms with van der Waals surface area (Å²) < 4.78 is 2.09. The topological polar surface area (TPSA) is 29.9 Å². The molecule has 0 aliphatic heterocycles. The van der Waals surface area contributed by atoms with Crippen LogP contribution in [-0.2, 0) is 13.1 Å². The molecule has 90 valence electrons. The van der Waals surface area contributed by atoms with Crippen molar-refractivity contribution in [3.8, 4) is 0 Å². The fraction of sp³-hybridized carbons (Fsp3) is 0.769. The predicted octanol–water partition coefficient (Wildman–Crippen LogP) is 2.57. The summed E-state index contributed by atoms with van der Waals surface area (Å²) in [4.78, 5) is 0. The van der Waals surface area contributed by atoms with Crippen molar-refractivity contribution >= 4 is 0 Å². The minimum absolute atomic E-state index is 0.731. The van der Waals surface area contributed by atoms with E-state index < -0.39 is 0 Å². The Balaban J connectivity index is 1.76. The smallest absolute Gasteiger partial charge is 0.0534 e. The molecule has 0 aromatic carbocycles. The summed E-state index contributed by atoms with van der Waals surface area (Å²) in [6.07, 6.45) is 9.42. The second-order valence-electron chi connectivity index (χ2n) is 5.12. The normalized spacial score (nSPS) is 17.6. The van der Waals surface area contributed by atoms with Crippen molar-refractivity contribution in [3.05, 3.63) is 18.0 Å². The van der Waals surface area contributed by atoms with E-state index in [0.29, 0.717) is 0 Å². The van der Waals surface area contributed by atoms with Gasteiger partial charge in [0, 0.05) is 30.9 Å². The average Bonchev–Trinajstić information content (AvgIpc) is 2.98. The summed E-state index contributed by atoms with van der Waals surface area (Å²) in [6, 6.07) is 0.780. The maximum atomic E-state index is 4.41. The molecule has 2 rings (SSSR count). The largest absolute Gasteiger partial charge is 0.310 e. The summed E-state index contributed by atoms with van der Waals surface area (Å²) in [5.74, 6) is 0.731. The van der Waals surface area contributed by atoms with E-state index in [1.165, 1.54) is 31.2 Å². The molecule has 1 aromatic rings. The predicted molar refractivity (Wildman–Crippen MR) is 66.2 cm³/mol. The molecule has 0 amide bonds. The summed E-state index contributed by atoms with van der Waals surface area (Å²) in [5.41, 5.74) is 1.32. The van der Waals surface area contributed by atoms with Crippen molar-refractivity contribution in [1.29, 1.82) is 0 Å². The summed E-state index contributed by atoms with van der Waals surface area (Å²) in [6.45, 7) is 6.57. The molecular weight excluding hydrogens is 198 g/mol. The highest BCUT2D eigenvalue weighted by Gasteiger charge is 2.20. The minimum atomic E-state index is 0.731. The van der Waals surface area contributed by atoms with Crippen LogP contribution >= 0.6 is 0 Å². The molecule has 1 aromatic heterocycles. The van der Waals surface area contributed by atoms with Gasteiger partial charge in [-0.2, -0.15) is 5.10 Å². The second-order valence-corrected chi connectivity index (χ2v) is 5.12. The molecule has 1 fully saturated rings. The molecular formula is C13H23N3. The van der Waals surface area contributed by atoms with E-state index in [-0.39, 0.29) is 0 Å². The van der Waals surface area contributed by atoms with Crippen LogP contribution in [0.15, 0.2) is 12.4 Å². The van der Waals surface area contributed by atoms with Crippen molar-refractivity contribution in [2.24, 2.45) is 5.92 Å². The number of aromatic nitrogens is 2. The lowest BCUT2D eigenvalue weighted by molar-refractivity contribution is 0.420. The standard InChI is InChI=1S/C13H23N3/c1-3-4-11(2)9-16-10-12(8-15-16)7-14-13-5-6-13/h8,10-11,13-14H,3-7,9H2,1-2H3. The van der Waals surface area contributed by atoms with Crippen LogP contribution in [0.3, 0.4) is 0 Å². The Bertz CT molecular complexity index is 315. The minimum Gasteiger partial charge on any atom is -0.310 e. The highest BCUT2D eigenvalue weighted by Crippen LogP contribution is 2.19. The number of rotatable bonds is 7. The van der Waals surface area contributed by atoms with Gasteiger partial charge in [0.15, 0.2) is 0 Å². The summed E-state index contributed by atoms with van der Waals surface area (Å²) in [7, 11) is 0. The van der Waals surface area contributed by atoms with Crippen LogP contribution in [0, 0.1) is 5.92 Å². The maximum absolute atomic E-state index is 4.41. The molecule has 1 saturated carbocycles. The van der Waals surface area contributed by atoms with E-state index in [4.69, 9.17) is 0 Å². The fourth-order valence-corrected chi connectivity index (χ4v) is 2.05. The second kappa shape index (κ2) is 5.48. The van der Waals surface area contributed by atoms with Crippen LogP contribution in [0.4, 0.5) is 0 Å². The van der Waals surface area contributed by atoms with Gasteiger partial charge in [0.1, 0.15) is 0 Å². The zero-order valence-electron chi connectivity index (χ0n) is 10.4. The van der Waals surface area contributed by atoms with Gasteiger partial charge in [-0.1, -0.05) is 20.3 Å². The maximum Gasteiger partial charge on any atom is 0.0534 e. The van der Waals surface area contributed by atoms with Gasteiger partial charge >= 0.3 is 0 Å². The molecule has 1 atom stereocenters. The highest BCUT2D eigenvalue weighted by atomic mass is 15.3. The van der Waals surface area contributed by atoms with E-state index in [9.17, 15) is 0 Å². The summed E-state index contributed by atoms with van der Waals surface area (Å²) >= 11 is 0. The van der Waals surface area contributed by atoms with Crippen LogP contribution in [0.5, 0.6) is 0 Å². The Morgan fingerprint density at radius 1 is 1.56 bits per heavy atom. The molecule has 0 radical (unpaired) electrons. The average molecular weight is 221 g/mol. The van der Waals surface area contributed by atoms with Gasteiger partial charge in [0.25, 0.3) is 0 Å². The van der Waals surface area contributed by atoms with Crippen LogP contribution in [0.2, 0.25) is 0 Å². The van der Waals surface area contributed by atoms with Crippen LogP contribution in [-0.4, -0.2) is 15.8 Å². The molecule has 1 heterocycles. The Morgan fingerprint density at radius 3 is 3.06 bits per heavy atom. The van der Waals surface area contributed by atoms with E-state index in [1.807, 2.05) is 6.20 Å². The molecule has 0 spiro atoms. The monoisotopic (exact) mass is 221 g/mol. The van der Waals surface area contributed by atoms with Gasteiger partial charge in [0.2, 0.25) is 0 Å².